The van der Waals surface area contributed by atoms with Crippen molar-refractivity contribution < 1.29 is 23.4 Å². The van der Waals surface area contributed by atoms with Crippen LogP contribution in [-0.2, 0) is 4.43 Å². The predicted molar refractivity (Wildman–Crippen MR) is 150 cm³/mol. The lowest BCUT2D eigenvalue weighted by Gasteiger charge is -2.36. The number of hydrogen-bond donors (Lipinski definition) is 1. The van der Waals surface area contributed by atoms with Gasteiger partial charge >= 0.3 is 0 Å². The third-order valence-corrected chi connectivity index (χ3v) is 12.3. The maximum atomic E-state index is 13.3. The highest BCUT2D eigenvalue weighted by molar-refractivity contribution is 6.74. The zero-order valence-corrected chi connectivity index (χ0v) is 25.3. The van der Waals surface area contributed by atoms with Gasteiger partial charge in [-0.2, -0.15) is 0 Å². The van der Waals surface area contributed by atoms with Gasteiger partial charge in [-0.25, -0.2) is 0 Å². The largest absolute Gasteiger partial charge is 0.493 e. The van der Waals surface area contributed by atoms with Crippen molar-refractivity contribution >= 4 is 37.4 Å². The van der Waals surface area contributed by atoms with Gasteiger partial charge in [-0.15, -0.1) is 0 Å². The minimum Gasteiger partial charge on any atom is -0.493 e. The zero-order valence-electron chi connectivity index (χ0n) is 22.8. The molecule has 1 unspecified atom stereocenters. The molecule has 200 valence electrons. The van der Waals surface area contributed by atoms with Gasteiger partial charge in [-0.1, -0.05) is 50.0 Å². The number of halogens is 2. The van der Waals surface area contributed by atoms with Crippen molar-refractivity contribution in [3.05, 3.63) is 51.0 Å². The van der Waals surface area contributed by atoms with E-state index < -0.39 is 8.32 Å². The molecule has 0 bridgehead atoms. The van der Waals surface area contributed by atoms with Gasteiger partial charge in [0, 0.05) is 30.2 Å². The summed E-state index contributed by atoms with van der Waals surface area (Å²) >= 11 is 12.5. The highest BCUT2D eigenvalue weighted by atomic mass is 35.5. The maximum Gasteiger partial charge on any atom is 0.251 e. The molecule has 36 heavy (non-hydrogen) atoms. The summed E-state index contributed by atoms with van der Waals surface area (Å²) in [5, 5.41) is 4.17. The van der Waals surface area contributed by atoms with E-state index in [9.17, 15) is 4.79 Å². The Labute approximate surface area is 226 Å². The first kappa shape index (κ1) is 30.3. The van der Waals surface area contributed by atoms with Crippen molar-refractivity contribution in [2.45, 2.75) is 58.2 Å². The van der Waals surface area contributed by atoms with E-state index in [0.29, 0.717) is 51.6 Å². The highest BCUT2D eigenvalue weighted by Crippen LogP contribution is 2.41. The summed E-state index contributed by atoms with van der Waals surface area (Å²) in [5.74, 6) is 1.09. The van der Waals surface area contributed by atoms with Crippen LogP contribution >= 0.6 is 23.2 Å². The number of rotatable bonds is 11. The van der Waals surface area contributed by atoms with Crippen LogP contribution < -0.4 is 19.5 Å². The van der Waals surface area contributed by atoms with Gasteiger partial charge in [0.1, 0.15) is 0 Å². The molecule has 6 nitrogen and oxygen atoms in total. The minimum absolute atomic E-state index is 0.0177. The van der Waals surface area contributed by atoms with Crippen molar-refractivity contribution in [3.63, 3.8) is 0 Å². The van der Waals surface area contributed by atoms with Crippen LogP contribution in [0.2, 0.25) is 28.2 Å². The van der Waals surface area contributed by atoms with Gasteiger partial charge in [-0.3, -0.25) is 4.79 Å². The molecule has 0 saturated carbocycles. The Hall–Kier alpha value is -1.93. The van der Waals surface area contributed by atoms with Gasteiger partial charge in [-0.05, 0) is 55.2 Å². The molecule has 9 heteroatoms. The van der Waals surface area contributed by atoms with E-state index >= 15 is 0 Å². The van der Waals surface area contributed by atoms with E-state index in [-0.39, 0.29) is 16.9 Å². The van der Waals surface area contributed by atoms with Crippen LogP contribution in [0.25, 0.3) is 0 Å². The van der Waals surface area contributed by atoms with E-state index in [2.05, 4.69) is 39.2 Å². The SMILES string of the molecule is COc1cc(C(=O)NCC(CCO[Si](C)(C)C(C)(C)C)c2ccc(Cl)c(Cl)c2)c(C)c(OC)c1OC. The average Bonchev–Trinajstić information content (AvgIpc) is 2.81. The van der Waals surface area contributed by atoms with Crippen molar-refractivity contribution in [2.24, 2.45) is 0 Å². The number of nitrogens with one attached hydrogen (secondary N) is 1. The Morgan fingerprint density at radius 3 is 2.17 bits per heavy atom. The number of benzene rings is 2. The molecule has 1 N–H and O–H groups in total. The molecule has 1 amide bonds. The van der Waals surface area contributed by atoms with Gasteiger partial charge in [0.25, 0.3) is 5.91 Å². The molecule has 2 aromatic rings. The Balaban J connectivity index is 2.28. The maximum absolute atomic E-state index is 13.3. The van der Waals surface area contributed by atoms with Crippen LogP contribution in [-0.4, -0.2) is 48.7 Å². The molecule has 0 radical (unpaired) electrons. The van der Waals surface area contributed by atoms with E-state index in [1.807, 2.05) is 19.1 Å². The third-order valence-electron chi connectivity index (χ3n) is 6.98. The van der Waals surface area contributed by atoms with Crippen LogP contribution in [0.4, 0.5) is 0 Å². The average molecular weight is 557 g/mol. The first-order chi connectivity index (χ1) is 16.8. The summed E-state index contributed by atoms with van der Waals surface area (Å²) in [4.78, 5) is 13.3. The molecule has 0 saturated heterocycles. The van der Waals surface area contributed by atoms with E-state index in [4.69, 9.17) is 41.8 Å². The lowest BCUT2D eigenvalue weighted by atomic mass is 9.95. The summed E-state index contributed by atoms with van der Waals surface area (Å²) in [6, 6.07) is 7.26. The Morgan fingerprint density at radius 2 is 1.64 bits per heavy atom. The molecule has 0 spiro atoms. The summed E-state index contributed by atoms with van der Waals surface area (Å²) in [5.41, 5.74) is 2.11. The fourth-order valence-corrected chi connectivity index (χ4v) is 5.04. The van der Waals surface area contributed by atoms with Crippen LogP contribution in [0.1, 0.15) is 54.6 Å². The molecule has 0 fully saturated rings. The van der Waals surface area contributed by atoms with Crippen molar-refractivity contribution in [1.82, 2.24) is 5.32 Å². The second-order valence-electron chi connectivity index (χ2n) is 10.3. The quantitative estimate of drug-likeness (QED) is 0.295. The van der Waals surface area contributed by atoms with Crippen LogP contribution in [0.5, 0.6) is 17.2 Å². The molecular formula is C27H39Cl2NO5Si. The molecule has 0 heterocycles. The minimum atomic E-state index is -1.90. The lowest BCUT2D eigenvalue weighted by Crippen LogP contribution is -2.41. The Kier molecular flexibility index (Phi) is 10.6. The number of amides is 1. The van der Waals surface area contributed by atoms with Crippen molar-refractivity contribution in [1.29, 1.82) is 0 Å². The van der Waals surface area contributed by atoms with Crippen molar-refractivity contribution in [3.8, 4) is 17.2 Å². The molecule has 0 aliphatic carbocycles. The third kappa shape index (κ3) is 7.09. The molecule has 0 aromatic heterocycles. The first-order valence-corrected chi connectivity index (χ1v) is 15.6. The fourth-order valence-electron chi connectivity index (χ4n) is 3.67. The number of ether oxygens (including phenoxy) is 3. The standard InChI is InChI=1S/C27H39Cl2NO5Si/c1-17-20(15-23(32-5)25(34-7)24(17)33-6)26(31)30-16-19(18-10-11-21(28)22(29)14-18)12-13-35-36(8,9)27(2,3)4/h10-11,14-15,19H,12-13,16H2,1-9H3,(H,30,31). The topological polar surface area (TPSA) is 66.0 Å². The number of carbonyl (C=O) groups excluding carboxylic acids is 1. The van der Waals surface area contributed by atoms with Crippen molar-refractivity contribution in [2.75, 3.05) is 34.5 Å². The van der Waals surface area contributed by atoms with Gasteiger partial charge in [0.05, 0.1) is 31.4 Å². The molecule has 0 aliphatic rings. The second-order valence-corrected chi connectivity index (χ2v) is 15.9. The molecule has 0 aliphatic heterocycles. The van der Waals surface area contributed by atoms with E-state index in [1.165, 1.54) is 21.3 Å². The smallest absolute Gasteiger partial charge is 0.251 e. The number of hydrogen-bond acceptors (Lipinski definition) is 5. The normalized spacial score (nSPS) is 12.8. The summed E-state index contributed by atoms with van der Waals surface area (Å²) in [6.45, 7) is 13.9. The van der Waals surface area contributed by atoms with Gasteiger partial charge in [0.15, 0.2) is 19.8 Å². The monoisotopic (exact) mass is 555 g/mol. The van der Waals surface area contributed by atoms with Gasteiger partial charge < -0.3 is 24.0 Å². The molecule has 1 atom stereocenters. The highest BCUT2D eigenvalue weighted by Gasteiger charge is 2.37. The number of methoxy groups -OCH3 is 3. The summed E-state index contributed by atoms with van der Waals surface area (Å²) in [7, 11) is 2.69. The van der Waals surface area contributed by atoms with E-state index in [1.54, 1.807) is 12.1 Å². The Morgan fingerprint density at radius 1 is 1.00 bits per heavy atom. The predicted octanol–water partition coefficient (Wildman–Crippen LogP) is 7.25. The lowest BCUT2D eigenvalue weighted by molar-refractivity contribution is 0.0948. The summed E-state index contributed by atoms with van der Waals surface area (Å²) in [6.07, 6.45) is 0.721. The molecule has 2 rings (SSSR count). The van der Waals surface area contributed by atoms with Gasteiger partial charge in [0.2, 0.25) is 5.75 Å². The number of carbonyl (C=O) groups is 1. The zero-order chi connectivity index (χ0) is 27.3. The first-order valence-electron chi connectivity index (χ1n) is 11.9. The summed E-state index contributed by atoms with van der Waals surface area (Å²) < 4.78 is 22.8. The van der Waals surface area contributed by atoms with E-state index in [0.717, 1.165) is 12.0 Å². The molecular weight excluding hydrogens is 517 g/mol. The Bertz CT molecular complexity index is 1070. The van der Waals surface area contributed by atoms with Crippen LogP contribution in [0.3, 0.4) is 0 Å². The van der Waals surface area contributed by atoms with Crippen LogP contribution in [0, 0.1) is 6.92 Å². The van der Waals surface area contributed by atoms with Crippen LogP contribution in [0.15, 0.2) is 24.3 Å². The molecule has 2 aromatic carbocycles. The second kappa shape index (κ2) is 12.5. The fraction of sp³-hybridized carbons (Fsp3) is 0.519.